The summed E-state index contributed by atoms with van der Waals surface area (Å²) in [6.45, 7) is 33.2. The summed E-state index contributed by atoms with van der Waals surface area (Å²) < 4.78 is 1.26. The Hall–Kier alpha value is -4.83. The first-order valence-electron chi connectivity index (χ1n) is 24.3. The highest BCUT2D eigenvalue weighted by Gasteiger charge is 2.39. The minimum atomic E-state index is -0.0371. The average Bonchev–Trinajstić information content (AvgIpc) is 3.67. The first kappa shape index (κ1) is 46.3. The average molecular weight is 912 g/mol. The van der Waals surface area contributed by atoms with Gasteiger partial charge in [-0.05, 0) is 164 Å². The van der Waals surface area contributed by atoms with Crippen molar-refractivity contribution in [3.8, 4) is 11.1 Å². The zero-order chi connectivity index (χ0) is 47.4. The minimum absolute atomic E-state index is 0.0111. The van der Waals surface area contributed by atoms with E-state index in [1.165, 1.54) is 67.4 Å². The molecular weight excluding hydrogens is 840 g/mol. The van der Waals surface area contributed by atoms with E-state index in [1.807, 2.05) is 11.3 Å². The van der Waals surface area contributed by atoms with Crippen LogP contribution in [0.2, 0.25) is 5.02 Å². The molecule has 0 N–H and O–H groups in total. The Morgan fingerprint density at radius 2 is 0.939 bits per heavy atom. The molecule has 2 aliphatic carbocycles. The van der Waals surface area contributed by atoms with Gasteiger partial charge in [0.05, 0.1) is 11.4 Å². The van der Waals surface area contributed by atoms with E-state index in [4.69, 9.17) is 11.6 Å². The summed E-state index contributed by atoms with van der Waals surface area (Å²) in [5, 5.41) is 4.28. The minimum Gasteiger partial charge on any atom is -0.310 e. The van der Waals surface area contributed by atoms with Crippen LogP contribution in [0.1, 0.15) is 156 Å². The van der Waals surface area contributed by atoms with E-state index in [2.05, 4.69) is 233 Å². The van der Waals surface area contributed by atoms with E-state index in [0.717, 1.165) is 47.0 Å². The van der Waals surface area contributed by atoms with Crippen molar-refractivity contribution in [2.75, 3.05) is 9.80 Å². The Labute approximate surface area is 406 Å². The van der Waals surface area contributed by atoms with Crippen molar-refractivity contribution in [3.05, 3.63) is 165 Å². The fraction of sp³-hybridized carbons (Fsp3) is 0.387. The molecular formula is C62H71ClN2S. The highest BCUT2D eigenvalue weighted by atomic mass is 35.5. The maximum atomic E-state index is 7.55. The van der Waals surface area contributed by atoms with Gasteiger partial charge in [-0.3, -0.25) is 0 Å². The van der Waals surface area contributed by atoms with Crippen molar-refractivity contribution in [1.82, 2.24) is 0 Å². The molecule has 0 fully saturated rings. The van der Waals surface area contributed by atoms with E-state index < -0.39 is 0 Å². The van der Waals surface area contributed by atoms with Gasteiger partial charge in [-0.25, -0.2) is 0 Å². The molecule has 4 heteroatoms. The molecule has 0 aliphatic heterocycles. The highest BCUT2D eigenvalue weighted by Crippen LogP contribution is 2.53. The molecule has 0 atom stereocenters. The third-order valence-corrected chi connectivity index (χ3v) is 16.6. The summed E-state index contributed by atoms with van der Waals surface area (Å²) in [6, 6.07) is 46.4. The summed E-state index contributed by atoms with van der Waals surface area (Å²) in [4.78, 5) is 4.98. The van der Waals surface area contributed by atoms with Crippen LogP contribution in [0.15, 0.2) is 127 Å². The molecule has 7 aromatic rings. The molecule has 0 spiro atoms. The van der Waals surface area contributed by atoms with Crippen LogP contribution in [0.25, 0.3) is 21.2 Å². The monoisotopic (exact) mass is 911 g/mol. The van der Waals surface area contributed by atoms with Crippen molar-refractivity contribution in [2.24, 2.45) is 0 Å². The van der Waals surface area contributed by atoms with Gasteiger partial charge in [0.25, 0.3) is 0 Å². The Morgan fingerprint density at radius 1 is 0.455 bits per heavy atom. The lowest BCUT2D eigenvalue weighted by Gasteiger charge is -2.43. The molecule has 0 saturated heterocycles. The van der Waals surface area contributed by atoms with Gasteiger partial charge in [-0.15, -0.1) is 11.3 Å². The number of hydrogen-bond donors (Lipinski definition) is 0. The van der Waals surface area contributed by atoms with Crippen LogP contribution < -0.4 is 9.80 Å². The smallest absolute Gasteiger partial charge is 0.0647 e. The van der Waals surface area contributed by atoms with Gasteiger partial charge in [0, 0.05) is 48.8 Å². The summed E-state index contributed by atoms with van der Waals surface area (Å²) in [7, 11) is 0. The summed E-state index contributed by atoms with van der Waals surface area (Å²) in [5.74, 6) is 0. The summed E-state index contributed by atoms with van der Waals surface area (Å²) in [6.07, 6.45) is 4.65. The third kappa shape index (κ3) is 8.42. The van der Waals surface area contributed by atoms with Crippen molar-refractivity contribution in [2.45, 2.75) is 155 Å². The first-order valence-corrected chi connectivity index (χ1v) is 25.5. The van der Waals surface area contributed by atoms with Crippen molar-refractivity contribution in [3.63, 3.8) is 0 Å². The number of fused-ring (bicyclic) bond motifs is 3. The Morgan fingerprint density at radius 3 is 1.47 bits per heavy atom. The molecule has 2 nitrogen and oxygen atoms in total. The topological polar surface area (TPSA) is 6.48 Å². The van der Waals surface area contributed by atoms with Gasteiger partial charge in [-0.1, -0.05) is 163 Å². The quantitative estimate of drug-likeness (QED) is 0.157. The number of rotatable bonds is 7. The van der Waals surface area contributed by atoms with Crippen LogP contribution in [0, 0.1) is 0 Å². The van der Waals surface area contributed by atoms with Crippen molar-refractivity contribution < 1.29 is 0 Å². The lowest BCUT2D eigenvalue weighted by atomic mass is 9.63. The fourth-order valence-electron chi connectivity index (χ4n) is 10.8. The Balaban J connectivity index is 1.34. The second-order valence-corrected chi connectivity index (χ2v) is 25.6. The molecule has 342 valence electrons. The zero-order valence-corrected chi connectivity index (χ0v) is 43.7. The molecule has 0 saturated carbocycles. The number of thiophene rings is 1. The highest BCUT2D eigenvalue weighted by molar-refractivity contribution is 7.17. The normalized spacial score (nSPS) is 17.3. The number of halogens is 1. The SMILES string of the molecule is CC(C)(C)c1ccc(N(c2cc(Cl)cc(N(c3ccc4c(c3)C(C)(C)CCC4(C)C)c3ccc4c(c3)C(C)(C)CCC4(C)C)c2)c2csc3ccc(C(C)(C)C)cc23)c(-c2ccccc2)c1. The molecule has 1 aromatic heterocycles. The summed E-state index contributed by atoms with van der Waals surface area (Å²) in [5.41, 5.74) is 17.7. The molecule has 66 heavy (non-hydrogen) atoms. The van der Waals surface area contributed by atoms with Gasteiger partial charge in [0.2, 0.25) is 0 Å². The molecule has 9 rings (SSSR count). The van der Waals surface area contributed by atoms with Gasteiger partial charge < -0.3 is 9.80 Å². The van der Waals surface area contributed by atoms with Crippen LogP contribution in [-0.2, 0) is 32.5 Å². The summed E-state index contributed by atoms with van der Waals surface area (Å²) >= 11 is 9.36. The maximum absolute atomic E-state index is 7.55. The second kappa shape index (κ2) is 16.2. The predicted octanol–water partition coefficient (Wildman–Crippen LogP) is 19.5. The first-order chi connectivity index (χ1) is 30.8. The second-order valence-electron chi connectivity index (χ2n) is 24.3. The van der Waals surface area contributed by atoms with Crippen molar-refractivity contribution in [1.29, 1.82) is 0 Å². The van der Waals surface area contributed by atoms with Gasteiger partial charge >= 0.3 is 0 Å². The van der Waals surface area contributed by atoms with Gasteiger partial charge in [-0.2, -0.15) is 0 Å². The van der Waals surface area contributed by atoms with E-state index in [0.29, 0.717) is 5.02 Å². The van der Waals surface area contributed by atoms with Crippen LogP contribution in [0.4, 0.5) is 34.1 Å². The van der Waals surface area contributed by atoms with E-state index in [-0.39, 0.29) is 32.5 Å². The predicted molar refractivity (Wildman–Crippen MR) is 290 cm³/mol. The number of anilines is 6. The van der Waals surface area contributed by atoms with Gasteiger partial charge in [0.1, 0.15) is 0 Å². The molecule has 0 radical (unpaired) electrons. The van der Waals surface area contributed by atoms with Crippen LogP contribution >= 0.6 is 22.9 Å². The molecule has 0 unspecified atom stereocenters. The maximum Gasteiger partial charge on any atom is 0.0647 e. The molecule has 2 aliphatic rings. The van der Waals surface area contributed by atoms with Gasteiger partial charge in [0.15, 0.2) is 0 Å². The molecule has 6 aromatic carbocycles. The Kier molecular flexibility index (Phi) is 11.3. The van der Waals surface area contributed by atoms with Crippen LogP contribution in [0.3, 0.4) is 0 Å². The number of nitrogens with zero attached hydrogens (tertiary/aromatic N) is 2. The molecule has 0 bridgehead atoms. The van der Waals surface area contributed by atoms with Crippen LogP contribution in [-0.4, -0.2) is 0 Å². The van der Waals surface area contributed by atoms with Crippen LogP contribution in [0.5, 0.6) is 0 Å². The van der Waals surface area contributed by atoms with Crippen molar-refractivity contribution >= 4 is 67.1 Å². The van der Waals surface area contributed by atoms with E-state index in [1.54, 1.807) is 0 Å². The lowest BCUT2D eigenvalue weighted by molar-refractivity contribution is 0.332. The Bertz CT molecular complexity index is 2890. The fourth-order valence-corrected chi connectivity index (χ4v) is 11.9. The standard InChI is InChI=1S/C62H71ClN2S/c1-57(2,3)41-20-26-54(48(32-41)40-18-16-15-17-19-40)65(55-39-66-56-27-21-42(33-49(55)56)58(4,5)6)47-35-43(63)34-46(36-47)64(44-22-24-50-52(37-44)61(11,12)30-28-59(50,7)8)45-23-25-51-53(38-45)62(13,14)31-29-60(51,9)10/h15-27,32-39H,28-31H2,1-14H3. The largest absolute Gasteiger partial charge is 0.310 e. The third-order valence-electron chi connectivity index (χ3n) is 15.4. The van der Waals surface area contributed by atoms with E-state index in [9.17, 15) is 0 Å². The number of benzene rings is 6. The molecule has 1 heterocycles. The molecule has 0 amide bonds. The zero-order valence-electron chi connectivity index (χ0n) is 42.1. The number of hydrogen-bond acceptors (Lipinski definition) is 3. The lowest BCUT2D eigenvalue weighted by Crippen LogP contribution is -2.34. The van der Waals surface area contributed by atoms with E-state index >= 15 is 0 Å².